The van der Waals surface area contributed by atoms with Crippen molar-refractivity contribution in [1.82, 2.24) is 14.9 Å². The molecule has 1 aromatic carbocycles. The van der Waals surface area contributed by atoms with Crippen molar-refractivity contribution in [1.29, 1.82) is 0 Å². The monoisotopic (exact) mass is 333 g/mol. The summed E-state index contributed by atoms with van der Waals surface area (Å²) in [6, 6.07) is 9.52. The number of aromatic nitrogens is 2. The van der Waals surface area contributed by atoms with Gasteiger partial charge in [-0.1, -0.05) is 6.92 Å². The van der Waals surface area contributed by atoms with Gasteiger partial charge in [0.15, 0.2) is 5.78 Å². The smallest absolute Gasteiger partial charge is 0.193 e. The van der Waals surface area contributed by atoms with Crippen molar-refractivity contribution in [2.24, 2.45) is 0 Å². The zero-order valence-corrected chi connectivity index (χ0v) is 14.5. The molecule has 0 atom stereocenters. The highest BCUT2D eigenvalue weighted by atomic mass is 16.1. The fourth-order valence-corrected chi connectivity index (χ4v) is 3.85. The van der Waals surface area contributed by atoms with Crippen LogP contribution >= 0.6 is 0 Å². The molecule has 0 amide bonds. The first-order chi connectivity index (χ1) is 12.3. The molecule has 3 heterocycles. The second-order valence-electron chi connectivity index (χ2n) is 6.78. The number of hydrogen-bond donors (Lipinski definition) is 1. The molecule has 1 fully saturated rings. The number of nitrogens with one attached hydrogen (secondary N) is 1. The maximum Gasteiger partial charge on any atom is 0.193 e. The number of likely N-dealkylation sites (tertiary alicyclic amines) is 1. The number of nitrogens with zero attached hydrogens (tertiary/aromatic N) is 2. The summed E-state index contributed by atoms with van der Waals surface area (Å²) < 4.78 is 0. The van der Waals surface area contributed by atoms with Gasteiger partial charge in [0, 0.05) is 40.6 Å². The van der Waals surface area contributed by atoms with Crippen LogP contribution in [0.4, 0.5) is 0 Å². The van der Waals surface area contributed by atoms with Crippen LogP contribution in [0.3, 0.4) is 0 Å². The molecule has 25 heavy (non-hydrogen) atoms. The summed E-state index contributed by atoms with van der Waals surface area (Å²) in [7, 11) is 0. The third kappa shape index (κ3) is 3.10. The topological polar surface area (TPSA) is 49.0 Å². The number of ketones is 1. The second kappa shape index (κ2) is 6.81. The number of piperidine rings is 1. The average Bonchev–Trinajstić information content (AvgIpc) is 3.11. The van der Waals surface area contributed by atoms with Crippen LogP contribution in [0.25, 0.3) is 10.9 Å². The van der Waals surface area contributed by atoms with Crippen LogP contribution < -0.4 is 0 Å². The normalized spacial score (nSPS) is 16.4. The molecule has 4 rings (SSSR count). The van der Waals surface area contributed by atoms with Gasteiger partial charge in [-0.2, -0.15) is 0 Å². The quantitative estimate of drug-likeness (QED) is 0.734. The predicted molar refractivity (Wildman–Crippen MR) is 100 cm³/mol. The highest BCUT2D eigenvalue weighted by molar-refractivity contribution is 6.10. The average molecular weight is 333 g/mol. The van der Waals surface area contributed by atoms with Gasteiger partial charge in [0.25, 0.3) is 0 Å². The molecular weight excluding hydrogens is 310 g/mol. The van der Waals surface area contributed by atoms with Crippen molar-refractivity contribution >= 4 is 16.7 Å². The Balaban J connectivity index is 1.65. The van der Waals surface area contributed by atoms with Crippen molar-refractivity contribution in [3.05, 3.63) is 65.6 Å². The lowest BCUT2D eigenvalue weighted by atomic mass is 9.88. The summed E-state index contributed by atoms with van der Waals surface area (Å²) in [5.41, 5.74) is 3.89. The number of benzene rings is 1. The van der Waals surface area contributed by atoms with E-state index >= 15 is 0 Å². The molecule has 1 N–H and O–H groups in total. The minimum Gasteiger partial charge on any atom is -0.361 e. The molecule has 0 bridgehead atoms. The first kappa shape index (κ1) is 16.0. The Morgan fingerprint density at radius 2 is 1.92 bits per heavy atom. The van der Waals surface area contributed by atoms with Crippen LogP contribution in [0.5, 0.6) is 0 Å². The first-order valence-corrected chi connectivity index (χ1v) is 9.04. The van der Waals surface area contributed by atoms with Crippen LogP contribution in [-0.2, 0) is 0 Å². The minimum atomic E-state index is 0.0530. The molecule has 0 saturated carbocycles. The molecule has 0 unspecified atom stereocenters. The Kier molecular flexibility index (Phi) is 4.36. The van der Waals surface area contributed by atoms with E-state index in [-0.39, 0.29) is 5.78 Å². The third-order valence-corrected chi connectivity index (χ3v) is 5.39. The third-order valence-electron chi connectivity index (χ3n) is 5.39. The molecule has 1 saturated heterocycles. The predicted octanol–water partition coefficient (Wildman–Crippen LogP) is 3.99. The van der Waals surface area contributed by atoms with E-state index in [0.29, 0.717) is 11.5 Å². The largest absolute Gasteiger partial charge is 0.361 e. The van der Waals surface area contributed by atoms with E-state index in [1.54, 1.807) is 24.5 Å². The molecule has 4 nitrogen and oxygen atoms in total. The van der Waals surface area contributed by atoms with Gasteiger partial charge in [-0.05, 0) is 74.3 Å². The Labute approximate surface area is 147 Å². The van der Waals surface area contributed by atoms with Gasteiger partial charge in [-0.25, -0.2) is 0 Å². The lowest BCUT2D eigenvalue weighted by molar-refractivity contribution is 0.103. The van der Waals surface area contributed by atoms with Gasteiger partial charge < -0.3 is 9.88 Å². The number of carbonyl (C=O) groups is 1. The maximum absolute atomic E-state index is 12.7. The van der Waals surface area contributed by atoms with Gasteiger partial charge in [0.2, 0.25) is 0 Å². The molecule has 0 aliphatic carbocycles. The molecule has 0 spiro atoms. The highest BCUT2D eigenvalue weighted by Gasteiger charge is 2.22. The van der Waals surface area contributed by atoms with Crippen LogP contribution in [0.1, 0.15) is 47.2 Å². The lowest BCUT2D eigenvalue weighted by Crippen LogP contribution is -2.32. The van der Waals surface area contributed by atoms with E-state index in [9.17, 15) is 4.79 Å². The Morgan fingerprint density at radius 1 is 1.16 bits per heavy atom. The first-order valence-electron chi connectivity index (χ1n) is 9.04. The van der Waals surface area contributed by atoms with Crippen molar-refractivity contribution in [2.75, 3.05) is 19.6 Å². The summed E-state index contributed by atoms with van der Waals surface area (Å²) in [4.78, 5) is 22.6. The molecule has 1 aliphatic heterocycles. The number of fused-ring (bicyclic) bond motifs is 1. The molecular formula is C21H23N3O. The van der Waals surface area contributed by atoms with Gasteiger partial charge >= 0.3 is 0 Å². The van der Waals surface area contributed by atoms with Crippen molar-refractivity contribution in [3.63, 3.8) is 0 Å². The van der Waals surface area contributed by atoms with Crippen LogP contribution in [0.15, 0.2) is 48.9 Å². The molecule has 2 aromatic heterocycles. The molecule has 3 aromatic rings. The fourth-order valence-electron chi connectivity index (χ4n) is 3.85. The highest BCUT2D eigenvalue weighted by Crippen LogP contribution is 2.33. The summed E-state index contributed by atoms with van der Waals surface area (Å²) in [5.74, 6) is 0.625. The molecule has 4 heteroatoms. The van der Waals surface area contributed by atoms with Gasteiger partial charge in [-0.15, -0.1) is 0 Å². The van der Waals surface area contributed by atoms with E-state index in [4.69, 9.17) is 0 Å². The Morgan fingerprint density at radius 3 is 2.64 bits per heavy atom. The number of carbonyl (C=O) groups excluding carboxylic acids is 1. The van der Waals surface area contributed by atoms with Crippen LogP contribution in [0, 0.1) is 0 Å². The number of pyridine rings is 1. The van der Waals surface area contributed by atoms with Gasteiger partial charge in [0.05, 0.1) is 0 Å². The molecule has 0 radical (unpaired) electrons. The van der Waals surface area contributed by atoms with Crippen LogP contribution in [0.2, 0.25) is 0 Å². The van der Waals surface area contributed by atoms with E-state index in [1.165, 1.54) is 23.8 Å². The van der Waals surface area contributed by atoms with E-state index in [1.807, 2.05) is 12.1 Å². The molecule has 128 valence electrons. The maximum atomic E-state index is 12.7. The fraction of sp³-hybridized carbons (Fsp3) is 0.333. The zero-order valence-electron chi connectivity index (χ0n) is 14.5. The number of aromatic amines is 1. The summed E-state index contributed by atoms with van der Waals surface area (Å²) in [6.45, 7) is 5.67. The van der Waals surface area contributed by atoms with E-state index in [2.05, 4.69) is 34.1 Å². The van der Waals surface area contributed by atoms with Crippen molar-refractivity contribution < 1.29 is 4.79 Å². The summed E-state index contributed by atoms with van der Waals surface area (Å²) >= 11 is 0. The second-order valence-corrected chi connectivity index (χ2v) is 6.78. The Bertz CT molecular complexity index is 877. The number of rotatable bonds is 4. The number of H-pyrrole nitrogens is 1. The molecule has 1 aliphatic rings. The van der Waals surface area contributed by atoms with Gasteiger partial charge in [0.1, 0.15) is 0 Å². The SMILES string of the molecule is CCN1CCC(c2c[nH]c3ccc(C(=O)c4ccncc4)cc23)CC1. The summed E-state index contributed by atoms with van der Waals surface area (Å²) in [6.07, 6.45) is 7.83. The van der Waals surface area contributed by atoms with Gasteiger partial charge in [-0.3, -0.25) is 9.78 Å². The van der Waals surface area contributed by atoms with Crippen LogP contribution in [-0.4, -0.2) is 40.3 Å². The number of hydrogen-bond acceptors (Lipinski definition) is 3. The van der Waals surface area contributed by atoms with Crippen molar-refractivity contribution in [3.8, 4) is 0 Å². The summed E-state index contributed by atoms with van der Waals surface area (Å²) in [5, 5.41) is 1.19. The van der Waals surface area contributed by atoms with E-state index < -0.39 is 0 Å². The minimum absolute atomic E-state index is 0.0530. The zero-order chi connectivity index (χ0) is 17.2. The standard InChI is InChI=1S/C21H23N3O/c1-2-24-11-7-15(8-12-24)19-14-23-20-4-3-17(13-18(19)20)21(25)16-5-9-22-10-6-16/h3-6,9-10,13-15,23H,2,7-8,11-12H2,1H3. The van der Waals surface area contributed by atoms with Crippen molar-refractivity contribution in [2.45, 2.75) is 25.7 Å². The van der Waals surface area contributed by atoms with E-state index in [0.717, 1.165) is 30.7 Å². The lowest BCUT2D eigenvalue weighted by Gasteiger charge is -2.30. The Hall–Kier alpha value is -2.46.